The van der Waals surface area contributed by atoms with Crippen molar-refractivity contribution in [2.75, 3.05) is 34.4 Å². The van der Waals surface area contributed by atoms with Crippen molar-refractivity contribution in [1.29, 1.82) is 0 Å². The maximum Gasteiger partial charge on any atom is 0.128 e. The molecule has 1 aromatic rings. The zero-order valence-corrected chi connectivity index (χ0v) is 13.1. The van der Waals surface area contributed by atoms with Crippen LogP contribution in [0.3, 0.4) is 0 Å². The molecule has 1 atom stereocenters. The molecule has 1 N–H and O–H groups in total. The molecule has 0 amide bonds. The zero-order valence-electron chi connectivity index (χ0n) is 13.1. The molecule has 0 heterocycles. The molecule has 1 unspecified atom stereocenters. The van der Waals surface area contributed by atoms with E-state index < -0.39 is 6.10 Å². The first-order valence-electron chi connectivity index (χ1n) is 7.20. The molecule has 0 spiro atoms. The van der Waals surface area contributed by atoms with Crippen molar-refractivity contribution in [2.45, 2.75) is 32.3 Å². The predicted octanol–water partition coefficient (Wildman–Crippen LogP) is 2.86. The average Bonchev–Trinajstić information content (AvgIpc) is 2.46. The number of hydrogen-bond donors (Lipinski definition) is 1. The second-order valence-corrected chi connectivity index (χ2v) is 5.09. The third kappa shape index (κ3) is 5.02. The second-order valence-electron chi connectivity index (χ2n) is 5.09. The fraction of sp³-hybridized carbons (Fsp3) is 0.625. The van der Waals surface area contributed by atoms with Gasteiger partial charge in [-0.25, -0.2) is 0 Å². The molecule has 0 bridgehead atoms. The number of nitrogens with zero attached hydrogens (tertiary/aromatic N) is 1. The normalized spacial score (nSPS) is 12.5. The zero-order chi connectivity index (χ0) is 15.0. The smallest absolute Gasteiger partial charge is 0.128 e. The number of methoxy groups -OCH3 is 2. The van der Waals surface area contributed by atoms with Gasteiger partial charge in [0.05, 0.1) is 20.3 Å². The Morgan fingerprint density at radius 3 is 2.55 bits per heavy atom. The van der Waals surface area contributed by atoms with Gasteiger partial charge in [-0.2, -0.15) is 0 Å². The number of benzene rings is 1. The van der Waals surface area contributed by atoms with Crippen molar-refractivity contribution < 1.29 is 14.6 Å². The summed E-state index contributed by atoms with van der Waals surface area (Å²) in [5, 5.41) is 10.4. The molecule has 0 aliphatic rings. The SMILES string of the molecule is CCCCCN(C)CC(O)c1ccc(OC)cc1OC. The van der Waals surface area contributed by atoms with Crippen LogP contribution < -0.4 is 9.47 Å². The van der Waals surface area contributed by atoms with Gasteiger partial charge in [0.15, 0.2) is 0 Å². The van der Waals surface area contributed by atoms with Crippen molar-refractivity contribution in [3.05, 3.63) is 23.8 Å². The van der Waals surface area contributed by atoms with Crippen LogP contribution in [0.25, 0.3) is 0 Å². The van der Waals surface area contributed by atoms with Crippen LogP contribution in [0.4, 0.5) is 0 Å². The Balaban J connectivity index is 2.64. The van der Waals surface area contributed by atoms with Crippen molar-refractivity contribution >= 4 is 0 Å². The quantitative estimate of drug-likeness (QED) is 0.707. The van der Waals surface area contributed by atoms with E-state index in [-0.39, 0.29) is 0 Å². The van der Waals surface area contributed by atoms with Crippen molar-refractivity contribution in [2.24, 2.45) is 0 Å². The highest BCUT2D eigenvalue weighted by molar-refractivity contribution is 5.42. The number of aliphatic hydroxyl groups is 1. The lowest BCUT2D eigenvalue weighted by molar-refractivity contribution is 0.123. The number of aliphatic hydroxyl groups excluding tert-OH is 1. The highest BCUT2D eigenvalue weighted by atomic mass is 16.5. The Morgan fingerprint density at radius 2 is 1.95 bits per heavy atom. The van der Waals surface area contributed by atoms with E-state index in [0.29, 0.717) is 12.3 Å². The topological polar surface area (TPSA) is 41.9 Å². The Labute approximate surface area is 122 Å². The molecule has 4 heteroatoms. The largest absolute Gasteiger partial charge is 0.497 e. The number of likely N-dealkylation sites (N-methyl/N-ethyl adjacent to an activating group) is 1. The van der Waals surface area contributed by atoms with Crippen LogP contribution in [0.5, 0.6) is 11.5 Å². The van der Waals surface area contributed by atoms with Crippen LogP contribution in [0.2, 0.25) is 0 Å². The van der Waals surface area contributed by atoms with Crippen LogP contribution in [0.1, 0.15) is 37.9 Å². The minimum Gasteiger partial charge on any atom is -0.497 e. The van der Waals surface area contributed by atoms with Crippen LogP contribution >= 0.6 is 0 Å². The van der Waals surface area contributed by atoms with Crippen LogP contribution in [0.15, 0.2) is 18.2 Å². The van der Waals surface area contributed by atoms with Crippen LogP contribution in [-0.2, 0) is 0 Å². The average molecular weight is 281 g/mol. The van der Waals surface area contributed by atoms with E-state index in [4.69, 9.17) is 9.47 Å². The molecule has 20 heavy (non-hydrogen) atoms. The van der Waals surface area contributed by atoms with E-state index in [1.54, 1.807) is 20.3 Å². The fourth-order valence-corrected chi connectivity index (χ4v) is 2.21. The summed E-state index contributed by atoms with van der Waals surface area (Å²) in [5.74, 6) is 1.40. The van der Waals surface area contributed by atoms with Gasteiger partial charge in [0.2, 0.25) is 0 Å². The van der Waals surface area contributed by atoms with Crippen molar-refractivity contribution in [3.63, 3.8) is 0 Å². The van der Waals surface area contributed by atoms with Gasteiger partial charge in [0.25, 0.3) is 0 Å². The molecule has 0 radical (unpaired) electrons. The Bertz CT molecular complexity index is 395. The summed E-state index contributed by atoms with van der Waals surface area (Å²) >= 11 is 0. The lowest BCUT2D eigenvalue weighted by atomic mass is 10.1. The van der Waals surface area contributed by atoms with E-state index in [0.717, 1.165) is 17.9 Å². The van der Waals surface area contributed by atoms with Gasteiger partial charge in [-0.1, -0.05) is 19.8 Å². The summed E-state index contributed by atoms with van der Waals surface area (Å²) in [4.78, 5) is 2.16. The van der Waals surface area contributed by atoms with Gasteiger partial charge >= 0.3 is 0 Å². The van der Waals surface area contributed by atoms with Crippen molar-refractivity contribution in [1.82, 2.24) is 4.90 Å². The number of rotatable bonds is 9. The molecular formula is C16H27NO3. The Hall–Kier alpha value is -1.26. The molecule has 4 nitrogen and oxygen atoms in total. The summed E-state index contributed by atoms with van der Waals surface area (Å²) in [7, 11) is 5.26. The van der Waals surface area contributed by atoms with Crippen LogP contribution in [-0.4, -0.2) is 44.4 Å². The Kier molecular flexibility index (Phi) is 7.41. The number of unbranched alkanes of at least 4 members (excludes halogenated alkanes) is 2. The lowest BCUT2D eigenvalue weighted by Crippen LogP contribution is -2.25. The first kappa shape index (κ1) is 16.8. The monoisotopic (exact) mass is 281 g/mol. The highest BCUT2D eigenvalue weighted by Gasteiger charge is 2.16. The summed E-state index contributed by atoms with van der Waals surface area (Å²) < 4.78 is 10.5. The minimum atomic E-state index is -0.553. The van der Waals surface area contributed by atoms with Gasteiger partial charge in [0.1, 0.15) is 11.5 Å². The van der Waals surface area contributed by atoms with E-state index in [9.17, 15) is 5.11 Å². The molecule has 0 aliphatic carbocycles. The molecule has 0 saturated carbocycles. The summed E-state index contributed by atoms with van der Waals surface area (Å²) in [6.45, 7) is 3.80. The fourth-order valence-electron chi connectivity index (χ4n) is 2.21. The summed E-state index contributed by atoms with van der Waals surface area (Å²) in [6.07, 6.45) is 3.05. The summed E-state index contributed by atoms with van der Waals surface area (Å²) in [6, 6.07) is 5.51. The first-order chi connectivity index (χ1) is 9.62. The first-order valence-corrected chi connectivity index (χ1v) is 7.20. The van der Waals surface area contributed by atoms with E-state index in [1.807, 2.05) is 19.2 Å². The maximum absolute atomic E-state index is 10.4. The third-order valence-corrected chi connectivity index (χ3v) is 3.43. The molecule has 1 rings (SSSR count). The van der Waals surface area contributed by atoms with E-state index >= 15 is 0 Å². The maximum atomic E-state index is 10.4. The number of ether oxygens (including phenoxy) is 2. The molecule has 0 saturated heterocycles. The summed E-state index contributed by atoms with van der Waals surface area (Å²) in [5.41, 5.74) is 0.802. The third-order valence-electron chi connectivity index (χ3n) is 3.43. The molecule has 0 aromatic heterocycles. The van der Waals surface area contributed by atoms with Gasteiger partial charge in [0, 0.05) is 18.2 Å². The molecule has 1 aromatic carbocycles. The van der Waals surface area contributed by atoms with Crippen LogP contribution in [0, 0.1) is 0 Å². The molecule has 114 valence electrons. The standard InChI is InChI=1S/C16H27NO3/c1-5-6-7-10-17(2)12-15(18)14-9-8-13(19-3)11-16(14)20-4/h8-9,11,15,18H,5-7,10,12H2,1-4H3. The molecule has 0 fully saturated rings. The van der Waals surface area contributed by atoms with Crippen molar-refractivity contribution in [3.8, 4) is 11.5 Å². The van der Waals surface area contributed by atoms with Gasteiger partial charge in [-0.15, -0.1) is 0 Å². The molecule has 0 aliphatic heterocycles. The Morgan fingerprint density at radius 1 is 1.20 bits per heavy atom. The van der Waals surface area contributed by atoms with Gasteiger partial charge in [-0.05, 0) is 32.1 Å². The number of hydrogen-bond acceptors (Lipinski definition) is 4. The molecular weight excluding hydrogens is 254 g/mol. The second kappa shape index (κ2) is 8.82. The minimum absolute atomic E-state index is 0.553. The van der Waals surface area contributed by atoms with E-state index in [2.05, 4.69) is 11.8 Å². The lowest BCUT2D eigenvalue weighted by Gasteiger charge is -2.22. The van der Waals surface area contributed by atoms with E-state index in [1.165, 1.54) is 19.3 Å². The van der Waals surface area contributed by atoms with Gasteiger partial charge in [-0.3, -0.25) is 0 Å². The highest BCUT2D eigenvalue weighted by Crippen LogP contribution is 2.29. The predicted molar refractivity (Wildman–Crippen MR) is 81.5 cm³/mol. The van der Waals surface area contributed by atoms with Gasteiger partial charge < -0.3 is 19.5 Å².